The summed E-state index contributed by atoms with van der Waals surface area (Å²) in [5.74, 6) is 0.137. The smallest absolute Gasteiger partial charge is 0.336 e. The summed E-state index contributed by atoms with van der Waals surface area (Å²) >= 11 is 5.97. The molecule has 0 radical (unpaired) electrons. The van der Waals surface area contributed by atoms with Crippen LogP contribution in [0.5, 0.6) is 5.75 Å². The van der Waals surface area contributed by atoms with Crippen LogP contribution in [0.3, 0.4) is 0 Å². The number of hydrogen-bond donors (Lipinski definition) is 1. The monoisotopic (exact) mass is 371 g/mol. The minimum atomic E-state index is -0.748. The largest absolute Gasteiger partial charge is 0.481 e. The molecule has 0 saturated heterocycles. The summed E-state index contributed by atoms with van der Waals surface area (Å²) in [6, 6.07) is 11.9. The molecule has 6 heteroatoms. The minimum Gasteiger partial charge on any atom is -0.481 e. The maximum atomic E-state index is 12.4. The topological polar surface area (TPSA) is 68.5 Å². The van der Waals surface area contributed by atoms with Crippen LogP contribution in [0.4, 0.5) is 5.69 Å². The van der Waals surface area contributed by atoms with Crippen LogP contribution < -0.4 is 15.7 Å². The molecule has 3 rings (SSSR count). The van der Waals surface area contributed by atoms with E-state index >= 15 is 0 Å². The molecule has 26 heavy (non-hydrogen) atoms. The fraction of sp³-hybridized carbons (Fsp3) is 0.200. The minimum absolute atomic E-state index is 0.304. The first-order valence-corrected chi connectivity index (χ1v) is 8.49. The van der Waals surface area contributed by atoms with E-state index in [1.165, 1.54) is 6.07 Å². The van der Waals surface area contributed by atoms with E-state index in [0.29, 0.717) is 22.0 Å². The van der Waals surface area contributed by atoms with Gasteiger partial charge in [-0.1, -0.05) is 17.7 Å². The molecule has 0 aliphatic carbocycles. The lowest BCUT2D eigenvalue weighted by Gasteiger charge is -2.16. The van der Waals surface area contributed by atoms with E-state index in [2.05, 4.69) is 5.32 Å². The van der Waals surface area contributed by atoms with Crippen molar-refractivity contribution in [2.75, 3.05) is 5.32 Å². The summed E-state index contributed by atoms with van der Waals surface area (Å²) in [5, 5.41) is 4.17. The maximum Gasteiger partial charge on any atom is 0.336 e. The Balaban J connectivity index is 1.77. The first-order valence-electron chi connectivity index (χ1n) is 8.11. The maximum absolute atomic E-state index is 12.4. The number of aryl methyl sites for hydroxylation is 2. The summed E-state index contributed by atoms with van der Waals surface area (Å²) in [5.41, 5.74) is 2.36. The highest BCUT2D eigenvalue weighted by Gasteiger charge is 2.16. The molecule has 0 spiro atoms. The molecule has 1 heterocycles. The van der Waals surface area contributed by atoms with Gasteiger partial charge in [-0.05, 0) is 56.2 Å². The molecule has 1 N–H and O–H groups in total. The lowest BCUT2D eigenvalue weighted by Crippen LogP contribution is -2.30. The van der Waals surface area contributed by atoms with Gasteiger partial charge in [0.1, 0.15) is 11.3 Å². The highest BCUT2D eigenvalue weighted by atomic mass is 35.5. The fourth-order valence-corrected chi connectivity index (χ4v) is 2.77. The molecule has 5 nitrogen and oxygen atoms in total. The number of amides is 1. The van der Waals surface area contributed by atoms with Gasteiger partial charge in [0.05, 0.1) is 0 Å². The second-order valence-electron chi connectivity index (χ2n) is 6.11. The van der Waals surface area contributed by atoms with Gasteiger partial charge >= 0.3 is 5.63 Å². The van der Waals surface area contributed by atoms with E-state index in [1.54, 1.807) is 37.3 Å². The Hall–Kier alpha value is -2.79. The lowest BCUT2D eigenvalue weighted by molar-refractivity contribution is -0.122. The number of fused-ring (bicyclic) bond motifs is 1. The number of ether oxygens (including phenoxy) is 1. The number of rotatable bonds is 4. The van der Waals surface area contributed by atoms with Crippen molar-refractivity contribution in [1.29, 1.82) is 0 Å². The van der Waals surface area contributed by atoms with Crippen molar-refractivity contribution in [3.8, 4) is 5.75 Å². The average molecular weight is 372 g/mol. The van der Waals surface area contributed by atoms with Crippen molar-refractivity contribution in [2.45, 2.75) is 26.9 Å². The van der Waals surface area contributed by atoms with E-state index in [9.17, 15) is 9.59 Å². The van der Waals surface area contributed by atoms with Gasteiger partial charge in [0.25, 0.3) is 5.91 Å². The molecular weight excluding hydrogens is 354 g/mol. The molecule has 1 amide bonds. The van der Waals surface area contributed by atoms with Gasteiger partial charge < -0.3 is 14.5 Å². The zero-order valence-electron chi connectivity index (χ0n) is 14.6. The predicted molar refractivity (Wildman–Crippen MR) is 102 cm³/mol. The van der Waals surface area contributed by atoms with Crippen LogP contribution in [-0.4, -0.2) is 12.0 Å². The van der Waals surface area contributed by atoms with Gasteiger partial charge in [0.15, 0.2) is 6.10 Å². The molecule has 1 atom stereocenters. The fourth-order valence-electron chi connectivity index (χ4n) is 2.60. The number of anilines is 1. The third-order valence-corrected chi connectivity index (χ3v) is 4.30. The van der Waals surface area contributed by atoms with Gasteiger partial charge in [0.2, 0.25) is 0 Å². The van der Waals surface area contributed by atoms with Crippen molar-refractivity contribution in [2.24, 2.45) is 0 Å². The second-order valence-corrected chi connectivity index (χ2v) is 6.55. The highest BCUT2D eigenvalue weighted by Crippen LogP contribution is 2.24. The molecule has 2 aromatic carbocycles. The van der Waals surface area contributed by atoms with Gasteiger partial charge in [-0.3, -0.25) is 4.79 Å². The van der Waals surface area contributed by atoms with Gasteiger partial charge in [-0.2, -0.15) is 0 Å². The number of benzene rings is 2. The Morgan fingerprint density at radius 3 is 2.65 bits per heavy atom. The van der Waals surface area contributed by atoms with Crippen molar-refractivity contribution < 1.29 is 13.9 Å². The molecule has 1 unspecified atom stereocenters. The van der Waals surface area contributed by atoms with E-state index in [-0.39, 0.29) is 5.91 Å². The van der Waals surface area contributed by atoms with E-state index in [1.807, 2.05) is 19.9 Å². The molecule has 3 aromatic rings. The van der Waals surface area contributed by atoms with Crippen LogP contribution in [0, 0.1) is 13.8 Å². The third kappa shape index (κ3) is 3.89. The van der Waals surface area contributed by atoms with Crippen molar-refractivity contribution in [3.05, 3.63) is 69.0 Å². The molecular formula is C20H18ClNO4. The standard InChI is InChI=1S/C20H18ClNO4/c1-11-4-5-14(21)9-17(11)22-20(24)13(3)25-15-6-7-16-12(2)8-19(23)26-18(16)10-15/h4-10,13H,1-3H3,(H,22,24). The Kier molecular flexibility index (Phi) is 5.00. The molecule has 0 aliphatic heterocycles. The number of carbonyl (C=O) groups is 1. The Labute approximate surface area is 155 Å². The van der Waals surface area contributed by atoms with Crippen LogP contribution in [0.1, 0.15) is 18.1 Å². The van der Waals surface area contributed by atoms with Crippen LogP contribution in [0.25, 0.3) is 11.0 Å². The summed E-state index contributed by atoms with van der Waals surface area (Å²) in [6.45, 7) is 5.36. The SMILES string of the molecule is Cc1ccc(Cl)cc1NC(=O)C(C)Oc1ccc2c(C)cc(=O)oc2c1. The quantitative estimate of drug-likeness (QED) is 0.687. The predicted octanol–water partition coefficient (Wildman–Crippen LogP) is 4.47. The molecule has 0 fully saturated rings. The number of carbonyl (C=O) groups excluding carboxylic acids is 1. The van der Waals surface area contributed by atoms with Gasteiger partial charge in [-0.15, -0.1) is 0 Å². The third-order valence-electron chi connectivity index (χ3n) is 4.06. The van der Waals surface area contributed by atoms with E-state index in [0.717, 1.165) is 16.5 Å². The molecule has 134 valence electrons. The first-order chi connectivity index (χ1) is 12.3. The van der Waals surface area contributed by atoms with Crippen LogP contribution in [0.15, 0.2) is 51.7 Å². The zero-order valence-corrected chi connectivity index (χ0v) is 15.4. The van der Waals surface area contributed by atoms with Crippen LogP contribution in [-0.2, 0) is 4.79 Å². The average Bonchev–Trinajstić information content (AvgIpc) is 2.57. The zero-order chi connectivity index (χ0) is 18.8. The Bertz CT molecular complexity index is 1040. The van der Waals surface area contributed by atoms with Gasteiger partial charge in [0, 0.05) is 28.2 Å². The summed E-state index contributed by atoms with van der Waals surface area (Å²) in [4.78, 5) is 23.9. The molecule has 0 bridgehead atoms. The lowest BCUT2D eigenvalue weighted by atomic mass is 10.1. The number of halogens is 1. The highest BCUT2D eigenvalue weighted by molar-refractivity contribution is 6.31. The van der Waals surface area contributed by atoms with Gasteiger partial charge in [-0.25, -0.2) is 4.79 Å². The van der Waals surface area contributed by atoms with Crippen molar-refractivity contribution >= 4 is 34.2 Å². The molecule has 1 aromatic heterocycles. The van der Waals surface area contributed by atoms with Crippen LogP contribution in [0.2, 0.25) is 5.02 Å². The van der Waals surface area contributed by atoms with Crippen molar-refractivity contribution in [1.82, 2.24) is 0 Å². The molecule has 0 aliphatic rings. The van der Waals surface area contributed by atoms with E-state index < -0.39 is 11.7 Å². The van der Waals surface area contributed by atoms with Crippen molar-refractivity contribution in [3.63, 3.8) is 0 Å². The van der Waals surface area contributed by atoms with E-state index in [4.69, 9.17) is 20.8 Å². The number of hydrogen-bond acceptors (Lipinski definition) is 4. The first kappa shape index (κ1) is 18.0. The Morgan fingerprint density at radius 1 is 1.12 bits per heavy atom. The second kappa shape index (κ2) is 7.22. The summed E-state index contributed by atoms with van der Waals surface area (Å²) < 4.78 is 10.9. The summed E-state index contributed by atoms with van der Waals surface area (Å²) in [6.07, 6.45) is -0.748. The molecule has 0 saturated carbocycles. The Morgan fingerprint density at radius 2 is 1.88 bits per heavy atom. The number of nitrogens with one attached hydrogen (secondary N) is 1. The van der Waals surface area contributed by atoms with Crippen LogP contribution >= 0.6 is 11.6 Å². The normalized spacial score (nSPS) is 12.0. The summed E-state index contributed by atoms with van der Waals surface area (Å²) in [7, 11) is 0.